The van der Waals surface area contributed by atoms with E-state index < -0.39 is 6.04 Å². The summed E-state index contributed by atoms with van der Waals surface area (Å²) >= 11 is 5.69. The number of phenolic OH excluding ortho intramolecular Hbond substituents is 2. The van der Waals surface area contributed by atoms with E-state index >= 15 is 0 Å². The molecule has 1 rings (SSSR count). The molecule has 0 aliphatic heterocycles. The average molecular weight is 272 g/mol. The lowest BCUT2D eigenvalue weighted by atomic mass is 10.0. The van der Waals surface area contributed by atoms with Crippen LogP contribution in [0.4, 0.5) is 0 Å². The molecule has 18 heavy (non-hydrogen) atoms. The van der Waals surface area contributed by atoms with Crippen LogP contribution < -0.4 is 5.32 Å². The first-order valence-corrected chi connectivity index (χ1v) is 6.03. The van der Waals surface area contributed by atoms with Gasteiger partial charge >= 0.3 is 0 Å². The highest BCUT2D eigenvalue weighted by atomic mass is 35.5. The Morgan fingerprint density at radius 2 is 1.89 bits per heavy atom. The molecular weight excluding hydrogens is 254 g/mol. The fraction of sp³-hybridized carbons (Fsp3) is 0.462. The number of rotatable bonds is 3. The highest BCUT2D eigenvalue weighted by Crippen LogP contribution is 2.35. The fourth-order valence-corrected chi connectivity index (χ4v) is 1.87. The van der Waals surface area contributed by atoms with Gasteiger partial charge in [-0.1, -0.05) is 11.6 Å². The van der Waals surface area contributed by atoms with Crippen LogP contribution in [0.2, 0.25) is 5.02 Å². The van der Waals surface area contributed by atoms with Crippen LogP contribution in [0.1, 0.15) is 38.1 Å². The van der Waals surface area contributed by atoms with Gasteiger partial charge in [0.2, 0.25) is 0 Å². The molecule has 4 nitrogen and oxygen atoms in total. The summed E-state index contributed by atoms with van der Waals surface area (Å²) in [4.78, 5) is 12.1. The predicted molar refractivity (Wildman–Crippen MR) is 71.5 cm³/mol. The second-order valence-electron chi connectivity index (χ2n) is 5.28. The molecule has 0 bridgehead atoms. The molecule has 3 N–H and O–H groups in total. The zero-order valence-corrected chi connectivity index (χ0v) is 11.7. The SMILES string of the molecule is CC(NC(C)(C)C)C(=O)c1ccc(O)c(Cl)c1O. The molecule has 0 aromatic heterocycles. The number of carbonyl (C=O) groups is 1. The van der Waals surface area contributed by atoms with E-state index in [2.05, 4.69) is 5.32 Å². The van der Waals surface area contributed by atoms with Crippen molar-refractivity contribution in [2.75, 3.05) is 0 Å². The highest BCUT2D eigenvalue weighted by Gasteiger charge is 2.24. The summed E-state index contributed by atoms with van der Waals surface area (Å²) in [6, 6.07) is 2.19. The topological polar surface area (TPSA) is 69.6 Å². The minimum Gasteiger partial charge on any atom is -0.506 e. The third kappa shape index (κ3) is 3.37. The maximum absolute atomic E-state index is 12.1. The van der Waals surface area contributed by atoms with Crippen LogP contribution >= 0.6 is 11.6 Å². The normalized spacial score (nSPS) is 13.4. The Bertz CT molecular complexity index is 466. The van der Waals surface area contributed by atoms with Crippen molar-refractivity contribution in [2.24, 2.45) is 0 Å². The van der Waals surface area contributed by atoms with Crippen molar-refractivity contribution in [1.82, 2.24) is 5.32 Å². The standard InChI is InChI=1S/C13H18ClNO3/c1-7(15-13(2,3)4)11(17)8-5-6-9(16)10(14)12(8)18/h5-7,15-16,18H,1-4H3. The van der Waals surface area contributed by atoms with Crippen LogP contribution in [0.3, 0.4) is 0 Å². The minimum absolute atomic E-state index is 0.0991. The lowest BCUT2D eigenvalue weighted by Gasteiger charge is -2.25. The van der Waals surface area contributed by atoms with Crippen LogP contribution in [0.5, 0.6) is 11.5 Å². The minimum atomic E-state index is -0.462. The fourth-order valence-electron chi connectivity index (χ4n) is 1.70. The van der Waals surface area contributed by atoms with Gasteiger partial charge in [0.1, 0.15) is 16.5 Å². The quantitative estimate of drug-likeness (QED) is 0.740. The molecule has 0 fully saturated rings. The molecule has 100 valence electrons. The molecule has 0 heterocycles. The van der Waals surface area contributed by atoms with Crippen molar-refractivity contribution < 1.29 is 15.0 Å². The van der Waals surface area contributed by atoms with Gasteiger partial charge in [0.05, 0.1) is 11.6 Å². The first-order chi connectivity index (χ1) is 8.13. The molecule has 0 aliphatic carbocycles. The van der Waals surface area contributed by atoms with Crippen LogP contribution in [-0.2, 0) is 0 Å². The van der Waals surface area contributed by atoms with E-state index in [-0.39, 0.29) is 33.4 Å². The van der Waals surface area contributed by atoms with E-state index in [4.69, 9.17) is 11.6 Å². The number of nitrogens with one attached hydrogen (secondary N) is 1. The monoisotopic (exact) mass is 271 g/mol. The third-order valence-electron chi connectivity index (χ3n) is 2.40. The summed E-state index contributed by atoms with van der Waals surface area (Å²) in [5.41, 5.74) is -0.118. The molecule has 0 radical (unpaired) electrons. The van der Waals surface area contributed by atoms with Gasteiger partial charge in [0.15, 0.2) is 5.78 Å². The first-order valence-electron chi connectivity index (χ1n) is 5.66. The van der Waals surface area contributed by atoms with Crippen LogP contribution in [0.25, 0.3) is 0 Å². The molecule has 1 aromatic rings. The van der Waals surface area contributed by atoms with Crippen molar-refractivity contribution in [3.8, 4) is 11.5 Å². The zero-order valence-electron chi connectivity index (χ0n) is 10.9. The average Bonchev–Trinajstić information content (AvgIpc) is 2.23. The summed E-state index contributed by atoms with van der Waals surface area (Å²) < 4.78 is 0. The summed E-state index contributed by atoms with van der Waals surface area (Å²) in [6.45, 7) is 7.55. The lowest BCUT2D eigenvalue weighted by Crippen LogP contribution is -2.46. The van der Waals surface area contributed by atoms with Gasteiger partial charge < -0.3 is 15.5 Å². The summed E-state index contributed by atoms with van der Waals surface area (Å²) in [5, 5.41) is 22.0. The van der Waals surface area contributed by atoms with Crippen molar-refractivity contribution in [3.63, 3.8) is 0 Å². The maximum Gasteiger partial charge on any atom is 0.183 e. The van der Waals surface area contributed by atoms with E-state index in [0.717, 1.165) is 0 Å². The molecule has 0 saturated carbocycles. The molecule has 1 aromatic carbocycles. The molecular formula is C13H18ClNO3. The molecule has 0 spiro atoms. The molecule has 5 heteroatoms. The van der Waals surface area contributed by atoms with Gasteiger partial charge in [0.25, 0.3) is 0 Å². The second kappa shape index (κ2) is 5.16. The van der Waals surface area contributed by atoms with Gasteiger partial charge in [0, 0.05) is 5.54 Å². The van der Waals surface area contributed by atoms with E-state index in [1.165, 1.54) is 12.1 Å². The van der Waals surface area contributed by atoms with E-state index in [1.54, 1.807) is 6.92 Å². The number of carbonyl (C=O) groups excluding carboxylic acids is 1. The maximum atomic E-state index is 12.1. The van der Waals surface area contributed by atoms with E-state index in [1.807, 2.05) is 20.8 Å². The summed E-state index contributed by atoms with van der Waals surface area (Å²) in [7, 11) is 0. The zero-order chi connectivity index (χ0) is 14.1. The Balaban J connectivity index is 3.02. The third-order valence-corrected chi connectivity index (χ3v) is 2.78. The van der Waals surface area contributed by atoms with Gasteiger partial charge in [-0.2, -0.15) is 0 Å². The van der Waals surface area contributed by atoms with Gasteiger partial charge in [-0.25, -0.2) is 0 Å². The lowest BCUT2D eigenvalue weighted by molar-refractivity contribution is 0.0933. The van der Waals surface area contributed by atoms with Gasteiger partial charge in [-0.05, 0) is 39.8 Å². The number of benzene rings is 1. The van der Waals surface area contributed by atoms with Crippen molar-refractivity contribution in [2.45, 2.75) is 39.3 Å². The molecule has 0 amide bonds. The van der Waals surface area contributed by atoms with Crippen LogP contribution in [-0.4, -0.2) is 27.6 Å². The van der Waals surface area contributed by atoms with Crippen molar-refractivity contribution >= 4 is 17.4 Å². The van der Waals surface area contributed by atoms with E-state index in [0.29, 0.717) is 0 Å². The number of halogens is 1. The number of phenols is 2. The second-order valence-corrected chi connectivity index (χ2v) is 5.65. The molecule has 0 aliphatic rings. The smallest absolute Gasteiger partial charge is 0.183 e. The number of ketones is 1. The number of Topliss-reactive ketones (excluding diaryl/α,β-unsaturated/α-hetero) is 1. The molecule has 1 atom stereocenters. The Hall–Kier alpha value is -1.26. The van der Waals surface area contributed by atoms with Gasteiger partial charge in [-0.15, -0.1) is 0 Å². The Morgan fingerprint density at radius 3 is 2.39 bits per heavy atom. The Morgan fingerprint density at radius 1 is 1.33 bits per heavy atom. The number of hydrogen-bond donors (Lipinski definition) is 3. The Labute approximate surface area is 112 Å². The largest absolute Gasteiger partial charge is 0.506 e. The summed E-state index contributed by atoms with van der Waals surface area (Å²) in [5.74, 6) is -0.907. The van der Waals surface area contributed by atoms with E-state index in [9.17, 15) is 15.0 Å². The highest BCUT2D eigenvalue weighted by molar-refractivity contribution is 6.34. The Kier molecular flexibility index (Phi) is 4.24. The van der Waals surface area contributed by atoms with Gasteiger partial charge in [-0.3, -0.25) is 4.79 Å². The number of hydrogen-bond acceptors (Lipinski definition) is 4. The van der Waals surface area contributed by atoms with Crippen LogP contribution in [0.15, 0.2) is 12.1 Å². The number of aromatic hydroxyl groups is 2. The molecule has 0 saturated heterocycles. The predicted octanol–water partition coefficient (Wildman–Crippen LogP) is 2.71. The molecule has 1 unspecified atom stereocenters. The summed E-state index contributed by atoms with van der Waals surface area (Å²) in [6.07, 6.45) is 0. The van der Waals surface area contributed by atoms with Crippen LogP contribution in [0, 0.1) is 0 Å². The first kappa shape index (κ1) is 14.8. The van der Waals surface area contributed by atoms with Crippen molar-refractivity contribution in [1.29, 1.82) is 0 Å². The van der Waals surface area contributed by atoms with Crippen molar-refractivity contribution in [3.05, 3.63) is 22.7 Å².